The molecule has 0 aliphatic carbocycles. The zero-order valence-corrected chi connectivity index (χ0v) is 8.57. The Kier molecular flexibility index (Phi) is 3.92. The Morgan fingerprint density at radius 2 is 1.93 bits per heavy atom. The van der Waals surface area contributed by atoms with E-state index >= 15 is 0 Å². The second kappa shape index (κ2) is 5.22. The van der Waals surface area contributed by atoms with Gasteiger partial charge in [0.05, 0.1) is 5.71 Å². The van der Waals surface area contributed by atoms with Gasteiger partial charge in [0.1, 0.15) is 0 Å². The summed E-state index contributed by atoms with van der Waals surface area (Å²) >= 11 is 0. The Morgan fingerprint density at radius 1 is 1.29 bits per heavy atom. The van der Waals surface area contributed by atoms with E-state index < -0.39 is 0 Å². The quantitative estimate of drug-likeness (QED) is 0.337. The minimum atomic E-state index is 0.669. The molecule has 0 aromatic heterocycles. The molecule has 1 N–H and O–H groups in total. The largest absolute Gasteiger partial charge is 0.411 e. The molecule has 1 aromatic carbocycles. The molecular weight excluding hydrogens is 174 g/mol. The Bertz CT molecular complexity index is 335. The van der Waals surface area contributed by atoms with Gasteiger partial charge >= 0.3 is 0 Å². The molecule has 0 atom stereocenters. The third-order valence-electron chi connectivity index (χ3n) is 1.93. The molecule has 0 heterocycles. The van der Waals surface area contributed by atoms with Crippen molar-refractivity contribution in [3.05, 3.63) is 47.5 Å². The molecular formula is C12H15NO. The summed E-state index contributed by atoms with van der Waals surface area (Å²) in [5.41, 5.74) is 2.89. The van der Waals surface area contributed by atoms with Crippen LogP contribution >= 0.6 is 0 Å². The van der Waals surface area contributed by atoms with Crippen molar-refractivity contribution < 1.29 is 5.21 Å². The van der Waals surface area contributed by atoms with E-state index in [4.69, 9.17) is 5.21 Å². The van der Waals surface area contributed by atoms with E-state index in [0.717, 1.165) is 5.56 Å². The van der Waals surface area contributed by atoms with Gasteiger partial charge in [-0.3, -0.25) is 0 Å². The van der Waals surface area contributed by atoms with Crippen LogP contribution in [0.5, 0.6) is 0 Å². The molecule has 2 nitrogen and oxygen atoms in total. The fraction of sp³-hybridized carbons (Fsp3) is 0.250. The number of nitrogens with zero attached hydrogens (tertiary/aromatic N) is 1. The highest BCUT2D eigenvalue weighted by Gasteiger charge is 2.00. The number of benzene rings is 1. The third kappa shape index (κ3) is 3.05. The fourth-order valence-electron chi connectivity index (χ4n) is 1.15. The molecule has 0 saturated heterocycles. The van der Waals surface area contributed by atoms with Gasteiger partial charge in [-0.15, -0.1) is 0 Å². The summed E-state index contributed by atoms with van der Waals surface area (Å²) in [6.45, 7) is 4.06. The molecule has 74 valence electrons. The van der Waals surface area contributed by atoms with Gasteiger partial charge < -0.3 is 5.21 Å². The highest BCUT2D eigenvalue weighted by Crippen LogP contribution is 2.06. The lowest BCUT2D eigenvalue weighted by molar-refractivity contribution is 0.318. The first-order chi connectivity index (χ1) is 6.74. The van der Waals surface area contributed by atoms with E-state index in [9.17, 15) is 0 Å². The molecule has 1 rings (SSSR count). The van der Waals surface area contributed by atoms with Crippen molar-refractivity contribution in [3.63, 3.8) is 0 Å². The van der Waals surface area contributed by atoms with Crippen LogP contribution in [0.4, 0.5) is 0 Å². The van der Waals surface area contributed by atoms with Crippen LogP contribution in [0, 0.1) is 0 Å². The van der Waals surface area contributed by atoms with E-state index in [0.29, 0.717) is 12.1 Å². The number of allylic oxidation sites excluding steroid dienone is 2. The van der Waals surface area contributed by atoms with Crippen molar-refractivity contribution in [1.82, 2.24) is 0 Å². The monoisotopic (exact) mass is 189 g/mol. The first-order valence-electron chi connectivity index (χ1n) is 4.63. The maximum absolute atomic E-state index is 8.85. The van der Waals surface area contributed by atoms with E-state index in [1.165, 1.54) is 5.57 Å². The molecule has 0 saturated carbocycles. The third-order valence-corrected chi connectivity index (χ3v) is 1.93. The fourth-order valence-corrected chi connectivity index (χ4v) is 1.15. The van der Waals surface area contributed by atoms with Crippen molar-refractivity contribution in [3.8, 4) is 0 Å². The smallest absolute Gasteiger partial charge is 0.0905 e. The molecule has 2 heteroatoms. The zero-order chi connectivity index (χ0) is 10.4. The van der Waals surface area contributed by atoms with Gasteiger partial charge in [-0.2, -0.15) is 0 Å². The molecule has 0 aliphatic rings. The molecule has 0 radical (unpaired) electrons. The van der Waals surface area contributed by atoms with Gasteiger partial charge in [-0.05, 0) is 19.4 Å². The highest BCUT2D eigenvalue weighted by molar-refractivity contribution is 6.01. The molecule has 0 aliphatic heterocycles. The first kappa shape index (κ1) is 10.5. The topological polar surface area (TPSA) is 32.6 Å². The van der Waals surface area contributed by atoms with Crippen LogP contribution in [0.2, 0.25) is 0 Å². The van der Waals surface area contributed by atoms with Crippen molar-refractivity contribution in [2.45, 2.75) is 20.3 Å². The summed E-state index contributed by atoms with van der Waals surface area (Å²) < 4.78 is 0. The normalized spacial score (nSPS) is 11.1. The van der Waals surface area contributed by atoms with Crippen LogP contribution in [0.25, 0.3) is 0 Å². The Morgan fingerprint density at radius 3 is 2.43 bits per heavy atom. The first-order valence-corrected chi connectivity index (χ1v) is 4.63. The summed E-state index contributed by atoms with van der Waals surface area (Å²) in [4.78, 5) is 0. The van der Waals surface area contributed by atoms with Gasteiger partial charge in [0.25, 0.3) is 0 Å². The molecule has 1 aromatic rings. The van der Waals surface area contributed by atoms with Crippen LogP contribution in [0.15, 0.2) is 47.1 Å². The summed E-state index contributed by atoms with van der Waals surface area (Å²) in [6.07, 6.45) is 2.71. The highest BCUT2D eigenvalue weighted by atomic mass is 16.4. The molecule has 0 bridgehead atoms. The average molecular weight is 189 g/mol. The molecule has 0 fully saturated rings. The molecule has 0 amide bonds. The lowest BCUT2D eigenvalue weighted by atomic mass is 10.1. The van der Waals surface area contributed by atoms with Gasteiger partial charge in [0, 0.05) is 6.42 Å². The predicted molar refractivity (Wildman–Crippen MR) is 58.8 cm³/mol. The van der Waals surface area contributed by atoms with Gasteiger partial charge in [0.2, 0.25) is 0 Å². The van der Waals surface area contributed by atoms with Crippen LogP contribution in [-0.2, 0) is 0 Å². The van der Waals surface area contributed by atoms with Crippen LogP contribution in [0.1, 0.15) is 25.8 Å². The summed E-state index contributed by atoms with van der Waals surface area (Å²) in [5.74, 6) is 0. The number of hydrogen-bond acceptors (Lipinski definition) is 2. The van der Waals surface area contributed by atoms with Crippen molar-refractivity contribution in [1.29, 1.82) is 0 Å². The van der Waals surface area contributed by atoms with Crippen LogP contribution < -0.4 is 0 Å². The Labute approximate surface area is 84.6 Å². The lowest BCUT2D eigenvalue weighted by Crippen LogP contribution is -1.98. The van der Waals surface area contributed by atoms with Crippen LogP contribution in [-0.4, -0.2) is 10.9 Å². The second-order valence-electron chi connectivity index (χ2n) is 3.40. The van der Waals surface area contributed by atoms with E-state index in [1.807, 2.05) is 50.3 Å². The van der Waals surface area contributed by atoms with E-state index in [-0.39, 0.29) is 0 Å². The van der Waals surface area contributed by atoms with Crippen molar-refractivity contribution >= 4 is 5.71 Å². The van der Waals surface area contributed by atoms with Gasteiger partial charge in [-0.25, -0.2) is 0 Å². The Balaban J connectivity index is 2.80. The van der Waals surface area contributed by atoms with E-state index in [1.54, 1.807) is 0 Å². The number of rotatable bonds is 3. The van der Waals surface area contributed by atoms with Crippen molar-refractivity contribution in [2.24, 2.45) is 5.16 Å². The molecule has 0 unspecified atom stereocenters. The molecule has 14 heavy (non-hydrogen) atoms. The maximum Gasteiger partial charge on any atom is 0.0905 e. The standard InChI is InChI=1S/C12H15NO/c1-10(2)8-9-12(13-14)11-6-4-3-5-7-11/h3-8,14H,9H2,1-2H3/b13-12-. The SMILES string of the molecule is CC(C)=CC/C(=N/O)c1ccccc1. The average Bonchev–Trinajstić information content (AvgIpc) is 2.20. The second-order valence-corrected chi connectivity index (χ2v) is 3.40. The van der Waals surface area contributed by atoms with E-state index in [2.05, 4.69) is 5.16 Å². The summed E-state index contributed by atoms with van der Waals surface area (Å²) in [5, 5.41) is 12.2. The predicted octanol–water partition coefficient (Wildman–Crippen LogP) is 3.22. The van der Waals surface area contributed by atoms with Crippen molar-refractivity contribution in [2.75, 3.05) is 0 Å². The minimum absolute atomic E-state index is 0.669. The van der Waals surface area contributed by atoms with Crippen LogP contribution in [0.3, 0.4) is 0 Å². The number of hydrogen-bond donors (Lipinski definition) is 1. The van der Waals surface area contributed by atoms with Gasteiger partial charge in [-0.1, -0.05) is 47.1 Å². The maximum atomic E-state index is 8.85. The summed E-state index contributed by atoms with van der Waals surface area (Å²) in [6, 6.07) is 9.69. The molecule has 0 spiro atoms. The lowest BCUT2D eigenvalue weighted by Gasteiger charge is -2.01. The zero-order valence-electron chi connectivity index (χ0n) is 8.57. The Hall–Kier alpha value is -1.57. The minimum Gasteiger partial charge on any atom is -0.411 e. The summed E-state index contributed by atoms with van der Waals surface area (Å²) in [7, 11) is 0. The van der Waals surface area contributed by atoms with Gasteiger partial charge in [0.15, 0.2) is 0 Å². The number of oxime groups is 1.